The number of hydrogen-bond donors (Lipinski definition) is 0. The van der Waals surface area contributed by atoms with Crippen LogP contribution < -0.4 is 0 Å². The van der Waals surface area contributed by atoms with Crippen molar-refractivity contribution in [3.05, 3.63) is 24.2 Å². The molecule has 80 valence electrons. The first kappa shape index (κ1) is 9.76. The van der Waals surface area contributed by atoms with Gasteiger partial charge in [-0.3, -0.25) is 0 Å². The van der Waals surface area contributed by atoms with Crippen LogP contribution in [0.25, 0.3) is 0 Å². The molecule has 0 bridgehead atoms. The topological polar surface area (TPSA) is 61.0 Å². The number of carbonyl (C=O) groups excluding carboxylic acids is 1. The van der Waals surface area contributed by atoms with E-state index in [1.807, 2.05) is 0 Å². The smallest absolute Gasteiger partial charge is 0.353 e. The molecule has 0 saturated heterocycles. The van der Waals surface area contributed by atoms with E-state index in [1.165, 1.54) is 7.11 Å². The second-order valence-electron chi connectivity index (χ2n) is 3.54. The van der Waals surface area contributed by atoms with Crippen LogP contribution in [-0.2, 0) is 14.4 Å². The molecule has 5 heteroatoms. The lowest BCUT2D eigenvalue weighted by molar-refractivity contribution is -0.164. The zero-order chi connectivity index (χ0) is 10.9. The lowest BCUT2D eigenvalue weighted by Gasteiger charge is -2.17. The van der Waals surface area contributed by atoms with Crippen molar-refractivity contribution in [3.8, 4) is 0 Å². The molecule has 0 fully saturated rings. The molecule has 0 aromatic carbocycles. The van der Waals surface area contributed by atoms with Gasteiger partial charge in [0.05, 0.1) is 25.3 Å². The van der Waals surface area contributed by atoms with E-state index >= 15 is 0 Å². The zero-order valence-electron chi connectivity index (χ0n) is 8.52. The van der Waals surface area contributed by atoms with Gasteiger partial charge in [0.2, 0.25) is 5.60 Å². The fourth-order valence-corrected chi connectivity index (χ4v) is 1.45. The summed E-state index contributed by atoms with van der Waals surface area (Å²) in [4.78, 5) is 16.5. The first-order valence-corrected chi connectivity index (χ1v) is 4.52. The predicted octanol–water partition coefficient (Wildman–Crippen LogP) is 1.34. The molecule has 0 aliphatic carbocycles. The van der Waals surface area contributed by atoms with E-state index in [0.717, 1.165) is 5.56 Å². The molecular weight excluding hydrogens is 198 g/mol. The van der Waals surface area contributed by atoms with Crippen LogP contribution in [0.4, 0.5) is 0 Å². The quantitative estimate of drug-likeness (QED) is 0.689. The number of furan rings is 1. The minimum Gasteiger partial charge on any atom is -0.472 e. The van der Waals surface area contributed by atoms with Gasteiger partial charge in [-0.05, 0) is 13.0 Å². The van der Waals surface area contributed by atoms with E-state index in [-0.39, 0.29) is 0 Å². The third-order valence-electron chi connectivity index (χ3n) is 2.33. The van der Waals surface area contributed by atoms with Crippen LogP contribution in [-0.4, -0.2) is 24.4 Å². The fraction of sp³-hybridized carbons (Fsp3) is 0.400. The summed E-state index contributed by atoms with van der Waals surface area (Å²) in [5, 5.41) is 3.86. The summed E-state index contributed by atoms with van der Waals surface area (Å²) < 4.78 is 9.57. The second kappa shape index (κ2) is 3.42. The van der Waals surface area contributed by atoms with Gasteiger partial charge in [0.1, 0.15) is 0 Å². The van der Waals surface area contributed by atoms with Gasteiger partial charge >= 0.3 is 5.97 Å². The predicted molar refractivity (Wildman–Crippen MR) is 51.4 cm³/mol. The Morgan fingerprint density at radius 3 is 3.07 bits per heavy atom. The number of ether oxygens (including phenoxy) is 1. The number of esters is 1. The summed E-state index contributed by atoms with van der Waals surface area (Å²) in [6.45, 7) is 1.65. The van der Waals surface area contributed by atoms with Gasteiger partial charge in [-0.2, -0.15) is 0 Å². The number of oxime groups is 1. The van der Waals surface area contributed by atoms with Gasteiger partial charge in [0.25, 0.3) is 0 Å². The Kier molecular flexibility index (Phi) is 2.22. The summed E-state index contributed by atoms with van der Waals surface area (Å²) in [5.41, 5.74) is 0.501. The molecule has 0 saturated carbocycles. The van der Waals surface area contributed by atoms with Crippen LogP contribution >= 0.6 is 0 Å². The molecule has 1 aliphatic heterocycles. The van der Waals surface area contributed by atoms with Crippen LogP contribution in [0.3, 0.4) is 0 Å². The maximum atomic E-state index is 11.4. The van der Waals surface area contributed by atoms with Crippen LogP contribution in [0, 0.1) is 0 Å². The van der Waals surface area contributed by atoms with Gasteiger partial charge in [0, 0.05) is 12.0 Å². The van der Waals surface area contributed by atoms with Gasteiger partial charge in [0.15, 0.2) is 0 Å². The van der Waals surface area contributed by atoms with Gasteiger partial charge < -0.3 is 14.0 Å². The Balaban J connectivity index is 2.14. The molecule has 1 aliphatic rings. The summed E-state index contributed by atoms with van der Waals surface area (Å²) in [5.74, 6) is -0.426. The lowest BCUT2D eigenvalue weighted by Crippen LogP contribution is -2.36. The van der Waals surface area contributed by atoms with Crippen molar-refractivity contribution >= 4 is 11.7 Å². The normalized spacial score (nSPS) is 24.5. The molecular formula is C10H11NO4. The minimum atomic E-state index is -1.01. The largest absolute Gasteiger partial charge is 0.472 e. The van der Waals surface area contributed by atoms with Gasteiger partial charge in [-0.25, -0.2) is 4.79 Å². The monoisotopic (exact) mass is 209 g/mol. The average molecular weight is 209 g/mol. The van der Waals surface area contributed by atoms with Gasteiger partial charge in [-0.1, -0.05) is 5.16 Å². The molecule has 1 aromatic heterocycles. The van der Waals surface area contributed by atoms with Crippen molar-refractivity contribution < 1.29 is 18.8 Å². The van der Waals surface area contributed by atoms with Crippen molar-refractivity contribution in [3.63, 3.8) is 0 Å². The Morgan fingerprint density at radius 1 is 1.67 bits per heavy atom. The molecule has 1 atom stereocenters. The molecule has 2 heterocycles. The van der Waals surface area contributed by atoms with Crippen molar-refractivity contribution in [1.82, 2.24) is 0 Å². The number of methoxy groups -OCH3 is 1. The average Bonchev–Trinajstić information content (AvgIpc) is 2.85. The zero-order valence-corrected chi connectivity index (χ0v) is 8.52. The van der Waals surface area contributed by atoms with E-state index in [4.69, 9.17) is 9.25 Å². The Labute approximate surface area is 86.6 Å². The summed E-state index contributed by atoms with van der Waals surface area (Å²) in [6.07, 6.45) is 3.50. The van der Waals surface area contributed by atoms with E-state index in [0.29, 0.717) is 12.1 Å². The molecule has 0 spiro atoms. The summed E-state index contributed by atoms with van der Waals surface area (Å²) in [7, 11) is 1.33. The van der Waals surface area contributed by atoms with E-state index in [2.05, 4.69) is 9.89 Å². The number of rotatable bonds is 2. The standard InChI is InChI=1S/C10H11NO4/c1-10(9(12)13-2)5-8(11-15-10)7-3-4-14-6-7/h3-4,6H,5H2,1-2H3. The Hall–Kier alpha value is -1.78. The molecule has 0 amide bonds. The Morgan fingerprint density at radius 2 is 2.47 bits per heavy atom. The summed E-state index contributed by atoms with van der Waals surface area (Å²) in [6, 6.07) is 1.77. The molecule has 2 rings (SSSR count). The van der Waals surface area contributed by atoms with Crippen LogP contribution in [0.2, 0.25) is 0 Å². The minimum absolute atomic E-state index is 0.388. The van der Waals surface area contributed by atoms with Crippen molar-refractivity contribution in [2.45, 2.75) is 18.9 Å². The van der Waals surface area contributed by atoms with E-state index < -0.39 is 11.6 Å². The van der Waals surface area contributed by atoms with Crippen LogP contribution in [0.1, 0.15) is 18.9 Å². The second-order valence-corrected chi connectivity index (χ2v) is 3.54. The molecule has 1 aromatic rings. The highest BCUT2D eigenvalue weighted by Gasteiger charge is 2.43. The van der Waals surface area contributed by atoms with Crippen molar-refractivity contribution in [1.29, 1.82) is 0 Å². The summed E-state index contributed by atoms with van der Waals surface area (Å²) >= 11 is 0. The number of carbonyl (C=O) groups is 1. The third kappa shape index (κ3) is 1.60. The highest BCUT2D eigenvalue weighted by molar-refractivity contribution is 6.04. The highest BCUT2D eigenvalue weighted by Crippen LogP contribution is 2.27. The van der Waals surface area contributed by atoms with Crippen molar-refractivity contribution in [2.24, 2.45) is 5.16 Å². The molecule has 0 radical (unpaired) electrons. The first-order valence-electron chi connectivity index (χ1n) is 4.52. The van der Waals surface area contributed by atoms with E-state index in [9.17, 15) is 4.79 Å². The van der Waals surface area contributed by atoms with E-state index in [1.54, 1.807) is 25.5 Å². The maximum Gasteiger partial charge on any atom is 0.353 e. The van der Waals surface area contributed by atoms with Crippen LogP contribution in [0.5, 0.6) is 0 Å². The molecule has 0 N–H and O–H groups in total. The molecule has 5 nitrogen and oxygen atoms in total. The fourth-order valence-electron chi connectivity index (χ4n) is 1.45. The number of hydrogen-bond acceptors (Lipinski definition) is 5. The van der Waals surface area contributed by atoms with Crippen molar-refractivity contribution in [2.75, 3.05) is 7.11 Å². The Bertz CT molecular complexity index is 396. The first-order chi connectivity index (χ1) is 7.15. The highest BCUT2D eigenvalue weighted by atomic mass is 16.7. The lowest BCUT2D eigenvalue weighted by atomic mass is 9.97. The molecule has 1 unspecified atom stereocenters. The SMILES string of the molecule is COC(=O)C1(C)CC(c2ccoc2)=NO1. The maximum absolute atomic E-state index is 11.4. The van der Waals surface area contributed by atoms with Gasteiger partial charge in [-0.15, -0.1) is 0 Å². The third-order valence-corrected chi connectivity index (χ3v) is 2.33. The molecule has 15 heavy (non-hydrogen) atoms. The number of nitrogens with zero attached hydrogens (tertiary/aromatic N) is 1. The van der Waals surface area contributed by atoms with Crippen LogP contribution in [0.15, 0.2) is 28.2 Å².